The van der Waals surface area contributed by atoms with Crippen molar-refractivity contribution < 1.29 is 14.8 Å². The van der Waals surface area contributed by atoms with E-state index in [0.717, 1.165) is 0 Å². The zero-order valence-electron chi connectivity index (χ0n) is 11.0. The van der Waals surface area contributed by atoms with Crippen LogP contribution in [0.2, 0.25) is 0 Å². The number of rotatable bonds is 5. The van der Waals surface area contributed by atoms with E-state index in [1.165, 1.54) is 12.1 Å². The van der Waals surface area contributed by atoms with Crippen LogP contribution in [0.5, 0.6) is 11.5 Å². The third-order valence-electron chi connectivity index (χ3n) is 2.92. The number of nitro benzene ring substituents is 1. The SMILES string of the molecule is CCC(O)c1ccccc1Oc1cccc([N+](=O)[O-])c1. The quantitative estimate of drug-likeness (QED) is 0.663. The minimum Gasteiger partial charge on any atom is -0.457 e. The number of non-ortho nitro benzene ring substituents is 1. The molecule has 2 aromatic rings. The molecule has 0 fully saturated rings. The number of hydrogen-bond donors (Lipinski definition) is 1. The standard InChI is InChI=1S/C15H15NO4/c1-2-14(17)13-8-3-4-9-15(13)20-12-7-5-6-11(10-12)16(18)19/h3-10,14,17H,2H2,1H3. The van der Waals surface area contributed by atoms with E-state index in [-0.39, 0.29) is 5.69 Å². The van der Waals surface area contributed by atoms with Crippen LogP contribution in [0.25, 0.3) is 0 Å². The highest BCUT2D eigenvalue weighted by Gasteiger charge is 2.13. The highest BCUT2D eigenvalue weighted by Crippen LogP contribution is 2.32. The van der Waals surface area contributed by atoms with Crippen LogP contribution in [0, 0.1) is 10.1 Å². The van der Waals surface area contributed by atoms with E-state index in [4.69, 9.17) is 4.74 Å². The number of ether oxygens (including phenoxy) is 1. The van der Waals surface area contributed by atoms with Crippen LogP contribution in [0.1, 0.15) is 25.0 Å². The highest BCUT2D eigenvalue weighted by molar-refractivity contribution is 5.43. The molecule has 2 aromatic carbocycles. The molecule has 0 saturated carbocycles. The summed E-state index contributed by atoms with van der Waals surface area (Å²) >= 11 is 0. The number of aliphatic hydroxyl groups excluding tert-OH is 1. The Kier molecular flexibility index (Phi) is 4.32. The molecule has 1 atom stereocenters. The Bertz CT molecular complexity index is 612. The largest absolute Gasteiger partial charge is 0.457 e. The zero-order valence-corrected chi connectivity index (χ0v) is 11.0. The number of aliphatic hydroxyl groups is 1. The van der Waals surface area contributed by atoms with Crippen LogP contribution >= 0.6 is 0 Å². The normalized spacial score (nSPS) is 11.9. The van der Waals surface area contributed by atoms with Crippen LogP contribution in [-0.4, -0.2) is 10.0 Å². The van der Waals surface area contributed by atoms with Crippen molar-refractivity contribution in [3.63, 3.8) is 0 Å². The van der Waals surface area contributed by atoms with Crippen LogP contribution in [0.3, 0.4) is 0 Å². The van der Waals surface area contributed by atoms with Gasteiger partial charge in [0.2, 0.25) is 0 Å². The van der Waals surface area contributed by atoms with Crippen molar-refractivity contribution >= 4 is 5.69 Å². The fourth-order valence-electron chi connectivity index (χ4n) is 1.86. The predicted octanol–water partition coefficient (Wildman–Crippen LogP) is 3.83. The summed E-state index contributed by atoms with van der Waals surface area (Å²) in [6.07, 6.45) is -0.0557. The van der Waals surface area contributed by atoms with E-state index in [0.29, 0.717) is 23.5 Å². The summed E-state index contributed by atoms with van der Waals surface area (Å²) in [5.74, 6) is 0.873. The molecule has 0 saturated heterocycles. The van der Waals surface area contributed by atoms with Gasteiger partial charge in [0.05, 0.1) is 17.1 Å². The summed E-state index contributed by atoms with van der Waals surface area (Å²) in [7, 11) is 0. The lowest BCUT2D eigenvalue weighted by Crippen LogP contribution is -1.98. The lowest BCUT2D eigenvalue weighted by molar-refractivity contribution is -0.384. The average Bonchev–Trinajstić information content (AvgIpc) is 2.47. The summed E-state index contributed by atoms with van der Waals surface area (Å²) < 4.78 is 5.66. The Balaban J connectivity index is 2.30. The van der Waals surface area contributed by atoms with Gasteiger partial charge in [-0.05, 0) is 18.6 Å². The molecule has 104 valence electrons. The molecule has 0 aliphatic heterocycles. The third-order valence-corrected chi connectivity index (χ3v) is 2.92. The van der Waals surface area contributed by atoms with E-state index in [2.05, 4.69) is 0 Å². The summed E-state index contributed by atoms with van der Waals surface area (Å²) in [4.78, 5) is 10.3. The van der Waals surface area contributed by atoms with Gasteiger partial charge in [-0.2, -0.15) is 0 Å². The maximum atomic E-state index is 10.7. The lowest BCUT2D eigenvalue weighted by Gasteiger charge is -2.14. The first kappa shape index (κ1) is 14.0. The van der Waals surface area contributed by atoms with Crippen LogP contribution < -0.4 is 4.74 Å². The lowest BCUT2D eigenvalue weighted by atomic mass is 10.1. The van der Waals surface area contributed by atoms with Gasteiger partial charge in [-0.15, -0.1) is 0 Å². The molecule has 0 amide bonds. The van der Waals surface area contributed by atoms with E-state index < -0.39 is 11.0 Å². The Morgan fingerprint density at radius 1 is 1.25 bits per heavy atom. The molecule has 1 N–H and O–H groups in total. The Labute approximate surface area is 116 Å². The smallest absolute Gasteiger partial charge is 0.273 e. The predicted molar refractivity (Wildman–Crippen MR) is 74.9 cm³/mol. The van der Waals surface area contributed by atoms with Gasteiger partial charge in [0, 0.05) is 11.6 Å². The first-order valence-corrected chi connectivity index (χ1v) is 6.31. The molecule has 0 aromatic heterocycles. The van der Waals surface area contributed by atoms with Gasteiger partial charge >= 0.3 is 0 Å². The molecule has 0 aliphatic rings. The van der Waals surface area contributed by atoms with E-state index in [1.54, 1.807) is 30.3 Å². The molecular formula is C15H15NO4. The summed E-state index contributed by atoms with van der Waals surface area (Å²) in [6, 6.07) is 13.1. The monoisotopic (exact) mass is 273 g/mol. The number of nitro groups is 1. The van der Waals surface area contributed by atoms with E-state index >= 15 is 0 Å². The minimum atomic E-state index is -0.620. The van der Waals surface area contributed by atoms with Crippen molar-refractivity contribution in [2.24, 2.45) is 0 Å². The summed E-state index contributed by atoms with van der Waals surface area (Å²) in [5.41, 5.74) is 0.637. The molecule has 0 spiro atoms. The molecule has 1 unspecified atom stereocenters. The molecule has 0 aliphatic carbocycles. The van der Waals surface area contributed by atoms with Crippen LogP contribution in [0.15, 0.2) is 48.5 Å². The van der Waals surface area contributed by atoms with Gasteiger partial charge in [0.25, 0.3) is 5.69 Å². The molecule has 0 heterocycles. The van der Waals surface area contributed by atoms with Crippen LogP contribution in [0.4, 0.5) is 5.69 Å². The van der Waals surface area contributed by atoms with Gasteiger partial charge in [0.1, 0.15) is 11.5 Å². The fraction of sp³-hybridized carbons (Fsp3) is 0.200. The molecule has 0 bridgehead atoms. The second kappa shape index (κ2) is 6.16. The molecule has 5 heteroatoms. The molecule has 20 heavy (non-hydrogen) atoms. The molecule has 5 nitrogen and oxygen atoms in total. The van der Waals surface area contributed by atoms with Gasteiger partial charge in [-0.3, -0.25) is 10.1 Å². The number of benzene rings is 2. The average molecular weight is 273 g/mol. The van der Waals surface area contributed by atoms with E-state index in [9.17, 15) is 15.2 Å². The zero-order chi connectivity index (χ0) is 14.5. The minimum absolute atomic E-state index is 0.0315. The summed E-state index contributed by atoms with van der Waals surface area (Å²) in [5, 5.41) is 20.7. The highest BCUT2D eigenvalue weighted by atomic mass is 16.6. The van der Waals surface area contributed by atoms with Crippen molar-refractivity contribution in [2.45, 2.75) is 19.4 Å². The molecule has 2 rings (SSSR count). The second-order valence-corrected chi connectivity index (χ2v) is 4.32. The van der Waals surface area contributed by atoms with Gasteiger partial charge in [-0.1, -0.05) is 31.2 Å². The second-order valence-electron chi connectivity index (χ2n) is 4.32. The van der Waals surface area contributed by atoms with E-state index in [1.807, 2.05) is 13.0 Å². The van der Waals surface area contributed by atoms with Crippen molar-refractivity contribution in [1.82, 2.24) is 0 Å². The van der Waals surface area contributed by atoms with Gasteiger partial charge in [-0.25, -0.2) is 0 Å². The number of hydrogen-bond acceptors (Lipinski definition) is 4. The van der Waals surface area contributed by atoms with Crippen molar-refractivity contribution in [3.8, 4) is 11.5 Å². The Morgan fingerprint density at radius 3 is 2.70 bits per heavy atom. The Hall–Kier alpha value is -2.40. The Morgan fingerprint density at radius 2 is 2.00 bits per heavy atom. The van der Waals surface area contributed by atoms with Gasteiger partial charge in [0.15, 0.2) is 0 Å². The number of para-hydroxylation sites is 1. The molecular weight excluding hydrogens is 258 g/mol. The first-order chi connectivity index (χ1) is 9.61. The maximum absolute atomic E-state index is 10.7. The van der Waals surface area contributed by atoms with Crippen molar-refractivity contribution in [3.05, 3.63) is 64.2 Å². The molecule has 0 radical (unpaired) electrons. The van der Waals surface area contributed by atoms with Crippen molar-refractivity contribution in [1.29, 1.82) is 0 Å². The first-order valence-electron chi connectivity index (χ1n) is 6.31. The van der Waals surface area contributed by atoms with Crippen LogP contribution in [-0.2, 0) is 0 Å². The van der Waals surface area contributed by atoms with Crippen molar-refractivity contribution in [2.75, 3.05) is 0 Å². The topological polar surface area (TPSA) is 72.6 Å². The maximum Gasteiger partial charge on any atom is 0.273 e. The summed E-state index contributed by atoms with van der Waals surface area (Å²) in [6.45, 7) is 1.87. The number of nitrogens with zero attached hydrogens (tertiary/aromatic N) is 1. The third kappa shape index (κ3) is 3.13. The van der Waals surface area contributed by atoms with Gasteiger partial charge < -0.3 is 9.84 Å². The fourth-order valence-corrected chi connectivity index (χ4v) is 1.86.